The summed E-state index contributed by atoms with van der Waals surface area (Å²) < 4.78 is 6.31. The SMILES string of the molecule is Cn1ncc2c(Cn3ncc4c5sc(CCc6ccccc6)nc5n(C)c4c3=O)cccc21. The van der Waals surface area contributed by atoms with Gasteiger partial charge in [-0.3, -0.25) is 9.48 Å². The van der Waals surface area contributed by atoms with Crippen molar-refractivity contribution < 1.29 is 0 Å². The Hall–Kier alpha value is -3.78. The molecule has 0 radical (unpaired) electrons. The summed E-state index contributed by atoms with van der Waals surface area (Å²) in [6, 6.07) is 16.5. The molecule has 0 amide bonds. The Morgan fingerprint density at radius 3 is 2.58 bits per heavy atom. The van der Waals surface area contributed by atoms with Gasteiger partial charge in [-0.25, -0.2) is 9.67 Å². The summed E-state index contributed by atoms with van der Waals surface area (Å²) in [6.45, 7) is 0.395. The first-order valence-electron chi connectivity index (χ1n) is 10.9. The largest absolute Gasteiger partial charge is 0.323 e. The fourth-order valence-electron chi connectivity index (χ4n) is 4.48. The van der Waals surface area contributed by atoms with Crippen LogP contribution in [0.1, 0.15) is 16.1 Å². The topological polar surface area (TPSA) is 70.5 Å². The fraction of sp³-hybridized carbons (Fsp3) is 0.200. The van der Waals surface area contributed by atoms with E-state index >= 15 is 0 Å². The van der Waals surface area contributed by atoms with Crippen LogP contribution in [0.15, 0.2) is 65.7 Å². The number of nitrogens with zero attached hydrogens (tertiary/aromatic N) is 6. The van der Waals surface area contributed by atoms with Crippen molar-refractivity contribution in [1.29, 1.82) is 0 Å². The summed E-state index contributed by atoms with van der Waals surface area (Å²) in [5, 5.41) is 11.9. The molecule has 0 N–H and O–H groups in total. The highest BCUT2D eigenvalue weighted by molar-refractivity contribution is 7.19. The van der Waals surface area contributed by atoms with E-state index in [0.29, 0.717) is 12.1 Å². The fourth-order valence-corrected chi connectivity index (χ4v) is 5.59. The normalized spacial score (nSPS) is 11.8. The van der Waals surface area contributed by atoms with Crippen LogP contribution in [0, 0.1) is 0 Å². The van der Waals surface area contributed by atoms with E-state index < -0.39 is 0 Å². The lowest BCUT2D eigenvalue weighted by atomic mass is 10.1. The number of rotatable bonds is 5. The Balaban J connectivity index is 1.37. The lowest BCUT2D eigenvalue weighted by molar-refractivity contribution is 0.647. The van der Waals surface area contributed by atoms with Crippen molar-refractivity contribution in [2.24, 2.45) is 14.1 Å². The highest BCUT2D eigenvalue weighted by atomic mass is 32.1. The van der Waals surface area contributed by atoms with Crippen molar-refractivity contribution in [3.63, 3.8) is 0 Å². The van der Waals surface area contributed by atoms with Gasteiger partial charge in [0.25, 0.3) is 5.56 Å². The summed E-state index contributed by atoms with van der Waals surface area (Å²) >= 11 is 1.66. The van der Waals surface area contributed by atoms with Crippen molar-refractivity contribution in [3.05, 3.63) is 87.4 Å². The molecule has 0 saturated carbocycles. The zero-order chi connectivity index (χ0) is 22.5. The quantitative estimate of drug-likeness (QED) is 0.394. The molecule has 33 heavy (non-hydrogen) atoms. The van der Waals surface area contributed by atoms with Crippen LogP contribution in [0.2, 0.25) is 0 Å². The van der Waals surface area contributed by atoms with Gasteiger partial charge in [0.05, 0.1) is 34.2 Å². The lowest BCUT2D eigenvalue weighted by Crippen LogP contribution is -2.24. The summed E-state index contributed by atoms with van der Waals surface area (Å²) in [5.41, 5.74) is 4.75. The molecular formula is C25H22N6OS. The maximum absolute atomic E-state index is 13.4. The number of thiazole rings is 1. The molecule has 0 bridgehead atoms. The van der Waals surface area contributed by atoms with Crippen molar-refractivity contribution in [3.8, 4) is 0 Å². The molecule has 4 heterocycles. The van der Waals surface area contributed by atoms with Crippen LogP contribution in [-0.2, 0) is 33.5 Å². The highest BCUT2D eigenvalue weighted by Gasteiger charge is 2.18. The summed E-state index contributed by atoms with van der Waals surface area (Å²) in [5.74, 6) is 0. The zero-order valence-electron chi connectivity index (χ0n) is 18.4. The first-order chi connectivity index (χ1) is 16.1. The van der Waals surface area contributed by atoms with Crippen molar-refractivity contribution in [2.75, 3.05) is 0 Å². The van der Waals surface area contributed by atoms with E-state index in [9.17, 15) is 4.79 Å². The van der Waals surface area contributed by atoms with Crippen molar-refractivity contribution in [2.45, 2.75) is 19.4 Å². The summed E-state index contributed by atoms with van der Waals surface area (Å²) in [6.07, 6.45) is 5.48. The van der Waals surface area contributed by atoms with Crippen LogP contribution in [0.3, 0.4) is 0 Å². The lowest BCUT2D eigenvalue weighted by Gasteiger charge is -2.07. The van der Waals surface area contributed by atoms with E-state index in [-0.39, 0.29) is 5.56 Å². The van der Waals surface area contributed by atoms with Gasteiger partial charge in [-0.1, -0.05) is 42.5 Å². The van der Waals surface area contributed by atoms with Gasteiger partial charge in [0.2, 0.25) is 0 Å². The smallest absolute Gasteiger partial charge is 0.291 e. The summed E-state index contributed by atoms with van der Waals surface area (Å²) in [4.78, 5) is 18.3. The molecule has 8 heteroatoms. The second-order valence-electron chi connectivity index (χ2n) is 8.29. The Kier molecular flexibility index (Phi) is 4.62. The molecule has 0 aliphatic rings. The average molecular weight is 455 g/mol. The van der Waals surface area contributed by atoms with Gasteiger partial charge in [-0.15, -0.1) is 11.3 Å². The van der Waals surface area contributed by atoms with Gasteiger partial charge in [-0.2, -0.15) is 10.2 Å². The second-order valence-corrected chi connectivity index (χ2v) is 9.38. The minimum atomic E-state index is -0.105. The molecule has 4 aromatic heterocycles. The first kappa shape index (κ1) is 19.9. The van der Waals surface area contributed by atoms with E-state index in [1.54, 1.807) is 11.3 Å². The van der Waals surface area contributed by atoms with Crippen LogP contribution in [-0.4, -0.2) is 29.1 Å². The minimum absolute atomic E-state index is 0.105. The molecule has 0 saturated heterocycles. The van der Waals surface area contributed by atoms with Gasteiger partial charge in [-0.05, 0) is 23.6 Å². The molecule has 2 aromatic carbocycles. The number of benzene rings is 2. The third kappa shape index (κ3) is 3.25. The van der Waals surface area contributed by atoms with Crippen molar-refractivity contribution >= 4 is 43.5 Å². The maximum Gasteiger partial charge on any atom is 0.291 e. The van der Waals surface area contributed by atoms with Crippen LogP contribution < -0.4 is 5.56 Å². The highest BCUT2D eigenvalue weighted by Crippen LogP contribution is 2.31. The third-order valence-electron chi connectivity index (χ3n) is 6.24. The van der Waals surface area contributed by atoms with E-state index in [4.69, 9.17) is 4.98 Å². The molecule has 0 aliphatic carbocycles. The molecule has 6 rings (SSSR count). The Morgan fingerprint density at radius 2 is 1.73 bits per heavy atom. The van der Waals surface area contributed by atoms with Gasteiger partial charge in [0, 0.05) is 31.3 Å². The Morgan fingerprint density at radius 1 is 0.909 bits per heavy atom. The van der Waals surface area contributed by atoms with E-state index in [1.807, 2.05) is 60.0 Å². The zero-order valence-corrected chi connectivity index (χ0v) is 19.2. The molecule has 6 aromatic rings. The number of fused-ring (bicyclic) bond motifs is 4. The molecule has 0 fully saturated rings. The number of aromatic nitrogens is 6. The average Bonchev–Trinajstić information content (AvgIpc) is 3.50. The Labute approximate surface area is 193 Å². The third-order valence-corrected chi connectivity index (χ3v) is 7.38. The molecule has 7 nitrogen and oxygen atoms in total. The number of hydrogen-bond acceptors (Lipinski definition) is 5. The van der Waals surface area contributed by atoms with Crippen LogP contribution >= 0.6 is 11.3 Å². The number of aryl methyl sites for hydroxylation is 4. The van der Waals surface area contributed by atoms with Crippen LogP contribution in [0.4, 0.5) is 0 Å². The predicted octanol–water partition coefficient (Wildman–Crippen LogP) is 4.06. The van der Waals surface area contributed by atoms with Gasteiger partial charge < -0.3 is 4.57 Å². The van der Waals surface area contributed by atoms with E-state index in [0.717, 1.165) is 50.0 Å². The molecule has 0 atom stereocenters. The molecular weight excluding hydrogens is 432 g/mol. The molecule has 0 unspecified atom stereocenters. The predicted molar refractivity (Wildman–Crippen MR) is 132 cm³/mol. The van der Waals surface area contributed by atoms with E-state index in [2.05, 4.69) is 34.5 Å². The molecule has 0 spiro atoms. The number of hydrogen-bond donors (Lipinski definition) is 0. The summed E-state index contributed by atoms with van der Waals surface area (Å²) in [7, 11) is 3.83. The van der Waals surface area contributed by atoms with Crippen molar-refractivity contribution in [1.82, 2.24) is 29.1 Å². The van der Waals surface area contributed by atoms with Crippen LogP contribution in [0.25, 0.3) is 32.2 Å². The maximum atomic E-state index is 13.4. The molecule has 0 aliphatic heterocycles. The monoisotopic (exact) mass is 454 g/mol. The van der Waals surface area contributed by atoms with Gasteiger partial charge in [0.1, 0.15) is 5.52 Å². The minimum Gasteiger partial charge on any atom is -0.323 e. The standard InChI is InChI=1S/C25H22N6OS/c1-29-22-19(23-24(29)28-21(33-23)12-11-16-7-4-3-5-8-16)14-27-31(25(22)32)15-17-9-6-10-20-18(17)13-26-30(20)2/h3-10,13-14H,11-12,15H2,1-2H3. The Bertz CT molecular complexity index is 1690. The van der Waals surface area contributed by atoms with Gasteiger partial charge >= 0.3 is 0 Å². The second kappa shape index (κ2) is 7.67. The first-order valence-corrected chi connectivity index (χ1v) is 11.7. The van der Waals surface area contributed by atoms with E-state index in [1.165, 1.54) is 10.2 Å². The molecule has 164 valence electrons. The van der Waals surface area contributed by atoms with Crippen LogP contribution in [0.5, 0.6) is 0 Å². The van der Waals surface area contributed by atoms with Gasteiger partial charge in [0.15, 0.2) is 5.65 Å².